The molecule has 0 aromatic heterocycles. The zero-order valence-corrected chi connectivity index (χ0v) is 16.2. The van der Waals surface area contributed by atoms with Crippen LogP contribution < -0.4 is 19.1 Å². The first-order valence-electron chi connectivity index (χ1n) is 8.51. The molecule has 0 atom stereocenters. The molecular formula is C19H22N2O5S. The van der Waals surface area contributed by atoms with Crippen molar-refractivity contribution in [3.63, 3.8) is 0 Å². The second-order valence-electron chi connectivity index (χ2n) is 6.26. The van der Waals surface area contributed by atoms with E-state index in [4.69, 9.17) is 9.47 Å². The Bertz CT molecular complexity index is 954. The van der Waals surface area contributed by atoms with Gasteiger partial charge in [-0.05, 0) is 37.1 Å². The standard InChI is InChI=1S/C19H22N2O5S/c1-13(22)21(14-8-9-14)17-7-5-4-6-16(17)20-27(23,24)19-12-15(25-2)10-11-18(19)26-3/h4-7,10-12,14,20H,8-9H2,1-3H3. The van der Waals surface area contributed by atoms with E-state index in [0.717, 1.165) is 12.8 Å². The number of methoxy groups -OCH3 is 2. The van der Waals surface area contributed by atoms with Crippen LogP contribution >= 0.6 is 0 Å². The van der Waals surface area contributed by atoms with Gasteiger partial charge in [0.15, 0.2) is 0 Å². The van der Waals surface area contributed by atoms with E-state index in [0.29, 0.717) is 17.1 Å². The van der Waals surface area contributed by atoms with Gasteiger partial charge in [0.1, 0.15) is 16.4 Å². The minimum Gasteiger partial charge on any atom is -0.497 e. The molecule has 1 N–H and O–H groups in total. The van der Waals surface area contributed by atoms with Crippen LogP contribution in [0.2, 0.25) is 0 Å². The van der Waals surface area contributed by atoms with Crippen LogP contribution in [0.5, 0.6) is 11.5 Å². The molecule has 27 heavy (non-hydrogen) atoms. The average Bonchev–Trinajstić information content (AvgIpc) is 3.47. The summed E-state index contributed by atoms with van der Waals surface area (Å²) in [5.41, 5.74) is 0.877. The molecule has 1 aliphatic rings. The molecule has 0 aliphatic heterocycles. The lowest BCUT2D eigenvalue weighted by atomic mass is 10.2. The summed E-state index contributed by atoms with van der Waals surface area (Å²) in [6.07, 6.45) is 1.81. The number of anilines is 2. The van der Waals surface area contributed by atoms with E-state index in [1.54, 1.807) is 35.2 Å². The molecule has 1 aliphatic carbocycles. The van der Waals surface area contributed by atoms with Gasteiger partial charge < -0.3 is 14.4 Å². The van der Waals surface area contributed by atoms with Crippen molar-refractivity contribution in [1.29, 1.82) is 0 Å². The highest BCUT2D eigenvalue weighted by molar-refractivity contribution is 7.92. The Morgan fingerprint density at radius 3 is 2.41 bits per heavy atom. The Balaban J connectivity index is 2.02. The maximum atomic E-state index is 13.0. The van der Waals surface area contributed by atoms with Gasteiger partial charge in [-0.2, -0.15) is 0 Å². The largest absolute Gasteiger partial charge is 0.497 e. The third kappa shape index (κ3) is 4.00. The Labute approximate surface area is 158 Å². The Morgan fingerprint density at radius 2 is 1.81 bits per heavy atom. The fraction of sp³-hybridized carbons (Fsp3) is 0.316. The smallest absolute Gasteiger partial charge is 0.265 e. The van der Waals surface area contributed by atoms with Crippen LogP contribution in [-0.2, 0) is 14.8 Å². The first-order valence-corrected chi connectivity index (χ1v) is 9.99. The number of sulfonamides is 1. The second-order valence-corrected chi connectivity index (χ2v) is 7.91. The van der Waals surface area contributed by atoms with E-state index in [1.165, 1.54) is 33.3 Å². The van der Waals surface area contributed by atoms with Crippen molar-refractivity contribution in [1.82, 2.24) is 0 Å². The van der Waals surface area contributed by atoms with Crippen molar-refractivity contribution in [2.24, 2.45) is 0 Å². The molecule has 2 aromatic rings. The number of para-hydroxylation sites is 2. The third-order valence-electron chi connectivity index (χ3n) is 4.32. The molecule has 0 bridgehead atoms. The Morgan fingerprint density at radius 1 is 1.11 bits per heavy atom. The molecule has 0 saturated heterocycles. The van der Waals surface area contributed by atoms with Gasteiger partial charge in [0.25, 0.3) is 10.0 Å². The average molecular weight is 390 g/mol. The van der Waals surface area contributed by atoms with Crippen molar-refractivity contribution in [2.45, 2.75) is 30.7 Å². The van der Waals surface area contributed by atoms with Crippen molar-refractivity contribution in [3.05, 3.63) is 42.5 Å². The van der Waals surface area contributed by atoms with E-state index >= 15 is 0 Å². The van der Waals surface area contributed by atoms with E-state index in [1.807, 2.05) is 0 Å². The minimum absolute atomic E-state index is 0.0417. The topological polar surface area (TPSA) is 84.9 Å². The first-order chi connectivity index (χ1) is 12.9. The van der Waals surface area contributed by atoms with Gasteiger partial charge in [-0.25, -0.2) is 8.42 Å². The molecule has 0 spiro atoms. The van der Waals surface area contributed by atoms with Gasteiger partial charge in [0.2, 0.25) is 5.91 Å². The number of rotatable bonds is 7. The Kier molecular flexibility index (Phi) is 5.27. The maximum absolute atomic E-state index is 13.0. The summed E-state index contributed by atoms with van der Waals surface area (Å²) in [6, 6.07) is 11.5. The number of carbonyl (C=O) groups excluding carboxylic acids is 1. The summed E-state index contributed by atoms with van der Waals surface area (Å²) in [7, 11) is -1.11. The number of nitrogens with zero attached hydrogens (tertiary/aromatic N) is 1. The van der Waals surface area contributed by atoms with Crippen molar-refractivity contribution in [2.75, 3.05) is 23.8 Å². The molecule has 1 fully saturated rings. The van der Waals surface area contributed by atoms with E-state index < -0.39 is 10.0 Å². The summed E-state index contributed by atoms with van der Waals surface area (Å²) in [5, 5.41) is 0. The monoisotopic (exact) mass is 390 g/mol. The highest BCUT2D eigenvalue weighted by atomic mass is 32.2. The highest BCUT2D eigenvalue weighted by Crippen LogP contribution is 2.37. The number of nitrogens with one attached hydrogen (secondary N) is 1. The van der Waals surface area contributed by atoms with Crippen LogP contribution in [0.15, 0.2) is 47.4 Å². The van der Waals surface area contributed by atoms with E-state index in [-0.39, 0.29) is 22.6 Å². The minimum atomic E-state index is -3.97. The molecule has 3 rings (SSSR count). The molecular weight excluding hydrogens is 368 g/mol. The number of ether oxygens (including phenoxy) is 2. The second kappa shape index (κ2) is 7.48. The third-order valence-corrected chi connectivity index (χ3v) is 5.71. The SMILES string of the molecule is COc1ccc(OC)c(S(=O)(=O)Nc2ccccc2N(C(C)=O)C2CC2)c1. The van der Waals surface area contributed by atoms with Crippen LogP contribution in [0.25, 0.3) is 0 Å². The van der Waals surface area contributed by atoms with Gasteiger partial charge in [-0.1, -0.05) is 12.1 Å². The van der Waals surface area contributed by atoms with Gasteiger partial charge in [-0.15, -0.1) is 0 Å². The van der Waals surface area contributed by atoms with Crippen molar-refractivity contribution in [3.8, 4) is 11.5 Å². The fourth-order valence-electron chi connectivity index (χ4n) is 2.92. The fourth-order valence-corrected chi connectivity index (χ4v) is 4.18. The molecule has 1 saturated carbocycles. The number of hydrogen-bond donors (Lipinski definition) is 1. The van der Waals surface area contributed by atoms with Gasteiger partial charge >= 0.3 is 0 Å². The first kappa shape index (κ1) is 19.0. The van der Waals surface area contributed by atoms with E-state index in [9.17, 15) is 13.2 Å². The maximum Gasteiger partial charge on any atom is 0.265 e. The number of amides is 1. The zero-order chi connectivity index (χ0) is 19.6. The molecule has 2 aromatic carbocycles. The van der Waals surface area contributed by atoms with Crippen LogP contribution in [-0.4, -0.2) is 34.6 Å². The van der Waals surface area contributed by atoms with Crippen molar-refractivity contribution < 1.29 is 22.7 Å². The molecule has 0 heterocycles. The molecule has 0 unspecified atom stereocenters. The highest BCUT2D eigenvalue weighted by Gasteiger charge is 2.34. The molecule has 7 nitrogen and oxygen atoms in total. The summed E-state index contributed by atoms with van der Waals surface area (Å²) >= 11 is 0. The number of hydrogen-bond acceptors (Lipinski definition) is 5. The molecule has 8 heteroatoms. The molecule has 144 valence electrons. The van der Waals surface area contributed by atoms with Gasteiger partial charge in [-0.3, -0.25) is 9.52 Å². The summed E-state index contributed by atoms with van der Waals surface area (Å²) in [4.78, 5) is 13.7. The number of benzene rings is 2. The summed E-state index contributed by atoms with van der Waals surface area (Å²) < 4.78 is 39.0. The molecule has 0 radical (unpaired) electrons. The van der Waals surface area contributed by atoms with Crippen LogP contribution in [0.1, 0.15) is 19.8 Å². The zero-order valence-electron chi connectivity index (χ0n) is 15.4. The predicted octanol–water partition coefficient (Wildman–Crippen LogP) is 3.02. The van der Waals surface area contributed by atoms with Crippen molar-refractivity contribution >= 4 is 27.3 Å². The summed E-state index contributed by atoms with van der Waals surface area (Å²) in [5.74, 6) is 0.474. The van der Waals surface area contributed by atoms with E-state index in [2.05, 4.69) is 4.72 Å². The van der Waals surface area contributed by atoms with Crippen LogP contribution in [0.4, 0.5) is 11.4 Å². The lowest BCUT2D eigenvalue weighted by molar-refractivity contribution is -0.116. The van der Waals surface area contributed by atoms with Gasteiger partial charge in [0, 0.05) is 19.0 Å². The lowest BCUT2D eigenvalue weighted by Gasteiger charge is -2.24. The lowest BCUT2D eigenvalue weighted by Crippen LogP contribution is -2.31. The number of carbonyl (C=O) groups is 1. The van der Waals surface area contributed by atoms with Crippen LogP contribution in [0.3, 0.4) is 0 Å². The normalized spacial score (nSPS) is 13.7. The summed E-state index contributed by atoms with van der Waals surface area (Å²) in [6.45, 7) is 1.48. The van der Waals surface area contributed by atoms with Crippen LogP contribution in [0, 0.1) is 0 Å². The quantitative estimate of drug-likeness (QED) is 0.786. The Hall–Kier alpha value is -2.74. The molecule has 1 amide bonds. The van der Waals surface area contributed by atoms with Gasteiger partial charge in [0.05, 0.1) is 25.6 Å². The predicted molar refractivity (Wildman–Crippen MR) is 103 cm³/mol.